The molecule has 5 rings (SSSR count). The molecule has 0 N–H and O–H groups in total. The molecule has 2 aliphatic rings. The Morgan fingerprint density at radius 3 is 2.63 bits per heavy atom. The topological polar surface area (TPSA) is 76.4 Å². The Morgan fingerprint density at radius 1 is 1.20 bits per heavy atom. The van der Waals surface area contributed by atoms with Crippen LogP contribution in [0.15, 0.2) is 42.9 Å². The molecule has 3 aromatic rings. The van der Waals surface area contributed by atoms with E-state index in [9.17, 15) is 9.18 Å². The van der Waals surface area contributed by atoms with Crippen LogP contribution in [0.4, 0.5) is 15.9 Å². The summed E-state index contributed by atoms with van der Waals surface area (Å²) in [5.41, 5.74) is 1.43. The molecule has 154 valence electrons. The highest BCUT2D eigenvalue weighted by Gasteiger charge is 2.42. The van der Waals surface area contributed by atoms with Gasteiger partial charge in [-0.1, -0.05) is 6.92 Å². The van der Waals surface area contributed by atoms with Crippen LogP contribution < -0.4 is 9.80 Å². The van der Waals surface area contributed by atoms with E-state index in [1.165, 1.54) is 12.1 Å². The number of fused-ring (bicyclic) bond motifs is 1. The van der Waals surface area contributed by atoms with Gasteiger partial charge in [-0.2, -0.15) is 4.98 Å². The quantitative estimate of drug-likeness (QED) is 0.660. The van der Waals surface area contributed by atoms with Crippen LogP contribution in [0.3, 0.4) is 0 Å². The molecule has 30 heavy (non-hydrogen) atoms. The summed E-state index contributed by atoms with van der Waals surface area (Å²) >= 11 is 0. The lowest BCUT2D eigenvalue weighted by molar-refractivity contribution is -0.120. The highest BCUT2D eigenvalue weighted by Crippen LogP contribution is 2.37. The van der Waals surface area contributed by atoms with E-state index in [-0.39, 0.29) is 23.8 Å². The van der Waals surface area contributed by atoms with E-state index in [1.54, 1.807) is 47.2 Å². The first kappa shape index (κ1) is 18.7. The molecule has 0 aliphatic carbocycles. The molecule has 1 aromatic carbocycles. The summed E-state index contributed by atoms with van der Waals surface area (Å²) in [6, 6.07) is 5.94. The summed E-state index contributed by atoms with van der Waals surface area (Å²) in [6.07, 6.45) is 5.77. The molecule has 0 radical (unpaired) electrons. The van der Waals surface area contributed by atoms with Crippen molar-refractivity contribution in [2.75, 3.05) is 30.1 Å². The third-order valence-corrected chi connectivity index (χ3v) is 5.65. The molecule has 2 aromatic heterocycles. The van der Waals surface area contributed by atoms with Gasteiger partial charge in [0.05, 0.1) is 25.5 Å². The number of carbonyl (C=O) groups excluding carboxylic acids is 1. The molecule has 0 saturated carbocycles. The van der Waals surface area contributed by atoms with Gasteiger partial charge in [-0.25, -0.2) is 14.4 Å². The number of rotatable bonds is 4. The lowest BCUT2D eigenvalue weighted by atomic mass is 10.0. The first-order valence-corrected chi connectivity index (χ1v) is 9.89. The van der Waals surface area contributed by atoms with Crippen molar-refractivity contribution in [2.45, 2.75) is 25.4 Å². The Bertz CT molecular complexity index is 1100. The molecular formula is C21H21FN6O2. The SMILES string of the molecule is CC[C@@H]1C(=O)N(C)c2cnc(-n3ccnc3-c3ccc(F)cc3)nc2N1C1COC1. The number of anilines is 2. The molecule has 4 heterocycles. The van der Waals surface area contributed by atoms with E-state index >= 15 is 0 Å². The number of imidazole rings is 1. The first-order chi connectivity index (χ1) is 14.6. The number of aromatic nitrogens is 4. The van der Waals surface area contributed by atoms with Crippen molar-refractivity contribution in [1.82, 2.24) is 19.5 Å². The third kappa shape index (κ3) is 2.85. The maximum Gasteiger partial charge on any atom is 0.249 e. The Hall–Kier alpha value is -3.33. The van der Waals surface area contributed by atoms with Gasteiger partial charge >= 0.3 is 0 Å². The minimum absolute atomic E-state index is 0.0304. The predicted molar refractivity (Wildman–Crippen MR) is 109 cm³/mol. The van der Waals surface area contributed by atoms with Crippen molar-refractivity contribution < 1.29 is 13.9 Å². The van der Waals surface area contributed by atoms with E-state index in [4.69, 9.17) is 9.72 Å². The van der Waals surface area contributed by atoms with E-state index in [0.717, 1.165) is 5.56 Å². The van der Waals surface area contributed by atoms with Crippen molar-refractivity contribution in [3.05, 3.63) is 48.7 Å². The molecule has 2 aliphatic heterocycles. The number of benzene rings is 1. The van der Waals surface area contributed by atoms with E-state index in [0.29, 0.717) is 42.9 Å². The molecule has 8 nitrogen and oxygen atoms in total. The van der Waals surface area contributed by atoms with Crippen LogP contribution in [0.5, 0.6) is 0 Å². The average molecular weight is 408 g/mol. The van der Waals surface area contributed by atoms with Crippen molar-refractivity contribution >= 4 is 17.4 Å². The number of amides is 1. The van der Waals surface area contributed by atoms with Gasteiger partial charge in [0, 0.05) is 25.0 Å². The van der Waals surface area contributed by atoms with Gasteiger partial charge in [-0.05, 0) is 30.7 Å². The predicted octanol–water partition coefficient (Wildman–Crippen LogP) is 2.43. The molecule has 1 atom stereocenters. The highest BCUT2D eigenvalue weighted by molar-refractivity contribution is 6.04. The lowest BCUT2D eigenvalue weighted by Gasteiger charge is -2.47. The first-order valence-electron chi connectivity index (χ1n) is 9.89. The lowest BCUT2D eigenvalue weighted by Crippen LogP contribution is -2.61. The molecular weight excluding hydrogens is 387 g/mol. The number of carbonyl (C=O) groups is 1. The third-order valence-electron chi connectivity index (χ3n) is 5.65. The summed E-state index contributed by atoms with van der Waals surface area (Å²) in [6.45, 7) is 3.13. The maximum absolute atomic E-state index is 13.3. The van der Waals surface area contributed by atoms with E-state index in [2.05, 4.69) is 14.9 Å². The van der Waals surface area contributed by atoms with Crippen molar-refractivity contribution in [2.24, 2.45) is 0 Å². The molecule has 1 amide bonds. The smallest absolute Gasteiger partial charge is 0.249 e. The van der Waals surface area contributed by atoms with Crippen LogP contribution in [-0.4, -0.2) is 57.8 Å². The molecule has 9 heteroatoms. The number of hydrogen-bond donors (Lipinski definition) is 0. The minimum atomic E-state index is -0.307. The second kappa shape index (κ2) is 7.17. The summed E-state index contributed by atoms with van der Waals surface area (Å²) in [5.74, 6) is 1.48. The van der Waals surface area contributed by atoms with E-state index in [1.807, 2.05) is 6.92 Å². The average Bonchev–Trinajstić information content (AvgIpc) is 3.21. The Kier molecular flexibility index (Phi) is 4.47. The minimum Gasteiger partial charge on any atom is -0.377 e. The Balaban J connectivity index is 1.61. The fourth-order valence-electron chi connectivity index (χ4n) is 3.97. The number of hydrogen-bond acceptors (Lipinski definition) is 6. The number of likely N-dealkylation sites (N-methyl/N-ethyl adjacent to an activating group) is 1. The highest BCUT2D eigenvalue weighted by atomic mass is 19.1. The standard InChI is InChI=1S/C21H21FN6O2/c1-3-16-20(29)26(2)17-10-24-21(25-19(17)28(16)15-11-30-12-15)27-9-8-23-18(27)13-4-6-14(22)7-5-13/h4-10,15-16H,3,11-12H2,1-2H3/t16-/m1/s1. The molecule has 1 fully saturated rings. The zero-order valence-electron chi connectivity index (χ0n) is 16.7. The maximum atomic E-state index is 13.3. The molecule has 0 unspecified atom stereocenters. The van der Waals surface area contributed by atoms with Gasteiger partial charge in [-0.3, -0.25) is 9.36 Å². The van der Waals surface area contributed by atoms with Gasteiger partial charge < -0.3 is 14.5 Å². The van der Waals surface area contributed by atoms with Gasteiger partial charge in [0.25, 0.3) is 0 Å². The van der Waals surface area contributed by atoms with Gasteiger partial charge in [0.1, 0.15) is 23.4 Å². The molecule has 0 spiro atoms. The summed E-state index contributed by atoms with van der Waals surface area (Å²) in [5, 5.41) is 0. The van der Waals surface area contributed by atoms with Crippen molar-refractivity contribution in [1.29, 1.82) is 0 Å². The summed E-state index contributed by atoms with van der Waals surface area (Å²) in [4.78, 5) is 30.3. The van der Waals surface area contributed by atoms with Gasteiger partial charge in [-0.15, -0.1) is 0 Å². The molecule has 1 saturated heterocycles. The zero-order chi connectivity index (χ0) is 20.8. The fraction of sp³-hybridized carbons (Fsp3) is 0.333. The largest absolute Gasteiger partial charge is 0.377 e. The van der Waals surface area contributed by atoms with Crippen LogP contribution in [0.25, 0.3) is 17.3 Å². The summed E-state index contributed by atoms with van der Waals surface area (Å²) < 4.78 is 20.5. The second-order valence-electron chi connectivity index (χ2n) is 7.43. The van der Waals surface area contributed by atoms with Crippen molar-refractivity contribution in [3.63, 3.8) is 0 Å². The monoisotopic (exact) mass is 408 g/mol. The molecule has 0 bridgehead atoms. The van der Waals surface area contributed by atoms with Crippen LogP contribution >= 0.6 is 0 Å². The normalized spacial score (nSPS) is 19.0. The van der Waals surface area contributed by atoms with Crippen molar-refractivity contribution in [3.8, 4) is 17.3 Å². The zero-order valence-corrected chi connectivity index (χ0v) is 16.7. The van der Waals surface area contributed by atoms with Gasteiger partial charge in [0.2, 0.25) is 11.9 Å². The fourth-order valence-corrected chi connectivity index (χ4v) is 3.97. The van der Waals surface area contributed by atoms with Gasteiger partial charge in [0.15, 0.2) is 5.82 Å². The number of halogens is 1. The number of ether oxygens (including phenoxy) is 1. The van der Waals surface area contributed by atoms with Crippen LogP contribution in [-0.2, 0) is 9.53 Å². The van der Waals surface area contributed by atoms with Crippen LogP contribution in [0.1, 0.15) is 13.3 Å². The van der Waals surface area contributed by atoms with Crippen LogP contribution in [0.2, 0.25) is 0 Å². The Labute approximate surface area is 172 Å². The Morgan fingerprint density at radius 2 is 1.97 bits per heavy atom. The van der Waals surface area contributed by atoms with E-state index < -0.39 is 0 Å². The summed E-state index contributed by atoms with van der Waals surface area (Å²) in [7, 11) is 1.75. The van der Waals surface area contributed by atoms with Crippen LogP contribution in [0, 0.1) is 5.82 Å². The second-order valence-corrected chi connectivity index (χ2v) is 7.43. The number of nitrogens with zero attached hydrogens (tertiary/aromatic N) is 6.